The van der Waals surface area contributed by atoms with Gasteiger partial charge >= 0.3 is 0 Å². The van der Waals surface area contributed by atoms with E-state index in [0.717, 1.165) is 22.2 Å². The highest BCUT2D eigenvalue weighted by Gasteiger charge is 2.28. The molecule has 1 aliphatic rings. The maximum Gasteiger partial charge on any atom is 0.260 e. The minimum absolute atomic E-state index is 0.0203. The van der Waals surface area contributed by atoms with E-state index >= 15 is 0 Å². The van der Waals surface area contributed by atoms with Crippen molar-refractivity contribution in [3.05, 3.63) is 52.6 Å². The van der Waals surface area contributed by atoms with Gasteiger partial charge in [0.05, 0.1) is 6.54 Å². The van der Waals surface area contributed by atoms with Crippen LogP contribution in [0.1, 0.15) is 12.0 Å². The molecule has 1 fully saturated rings. The van der Waals surface area contributed by atoms with Gasteiger partial charge in [-0.05, 0) is 40.5 Å². The summed E-state index contributed by atoms with van der Waals surface area (Å²) < 4.78 is 12.4. The summed E-state index contributed by atoms with van der Waals surface area (Å²) >= 11 is 3.34. The van der Waals surface area contributed by atoms with Gasteiger partial charge in [0.2, 0.25) is 5.88 Å². The molecule has 24 heavy (non-hydrogen) atoms. The van der Waals surface area contributed by atoms with E-state index in [1.807, 2.05) is 43.3 Å². The molecule has 1 saturated heterocycles. The average Bonchev–Trinajstić information content (AvgIpc) is 3.05. The van der Waals surface area contributed by atoms with Gasteiger partial charge in [-0.3, -0.25) is 4.79 Å². The molecule has 2 aromatic rings. The van der Waals surface area contributed by atoms with Crippen LogP contribution in [0.5, 0.6) is 11.6 Å². The van der Waals surface area contributed by atoms with Crippen LogP contribution >= 0.6 is 15.9 Å². The van der Waals surface area contributed by atoms with Crippen molar-refractivity contribution in [3.8, 4) is 11.6 Å². The molecule has 126 valence electrons. The fraction of sp³-hybridized carbons (Fsp3) is 0.333. The summed E-state index contributed by atoms with van der Waals surface area (Å²) in [5.41, 5.74) is 1.02. The Morgan fingerprint density at radius 1 is 1.33 bits per heavy atom. The van der Waals surface area contributed by atoms with Crippen LogP contribution in [0.25, 0.3) is 0 Å². The topological polar surface area (TPSA) is 51.7 Å². The molecule has 0 aliphatic carbocycles. The van der Waals surface area contributed by atoms with Gasteiger partial charge < -0.3 is 14.4 Å². The molecule has 0 N–H and O–H groups in total. The number of carbonyl (C=O) groups is 1. The molecule has 5 nitrogen and oxygen atoms in total. The maximum atomic E-state index is 12.3. The fourth-order valence-electron chi connectivity index (χ4n) is 2.60. The van der Waals surface area contributed by atoms with Crippen molar-refractivity contribution in [1.82, 2.24) is 9.88 Å². The van der Waals surface area contributed by atoms with Crippen LogP contribution in [0.4, 0.5) is 0 Å². The third-order valence-corrected chi connectivity index (χ3v) is 4.40. The van der Waals surface area contributed by atoms with E-state index in [2.05, 4.69) is 20.9 Å². The van der Waals surface area contributed by atoms with Crippen LogP contribution in [-0.2, 0) is 4.79 Å². The Morgan fingerprint density at radius 3 is 2.92 bits per heavy atom. The number of likely N-dealkylation sites (tertiary alicyclic amines) is 1. The number of carbonyl (C=O) groups excluding carboxylic acids is 1. The van der Waals surface area contributed by atoms with E-state index in [-0.39, 0.29) is 18.6 Å². The van der Waals surface area contributed by atoms with E-state index in [9.17, 15) is 4.79 Å². The number of para-hydroxylation sites is 1. The molecule has 1 unspecified atom stereocenters. The Balaban J connectivity index is 1.49. The lowest BCUT2D eigenvalue weighted by Gasteiger charge is -2.17. The summed E-state index contributed by atoms with van der Waals surface area (Å²) in [7, 11) is 0. The van der Waals surface area contributed by atoms with Crippen molar-refractivity contribution in [2.24, 2.45) is 0 Å². The molecule has 0 radical (unpaired) electrons. The number of benzene rings is 1. The first kappa shape index (κ1) is 16.8. The number of pyridine rings is 1. The monoisotopic (exact) mass is 390 g/mol. The zero-order valence-corrected chi connectivity index (χ0v) is 15.0. The lowest BCUT2D eigenvalue weighted by atomic mass is 10.2. The van der Waals surface area contributed by atoms with Crippen molar-refractivity contribution in [2.45, 2.75) is 19.4 Å². The standard InChI is InChI=1S/C18H19BrN2O3/c1-13-4-2-3-5-16(13)23-12-18(22)21-9-8-15(11-21)24-17-7-6-14(19)10-20-17/h2-7,10,15H,8-9,11-12H2,1H3. The third kappa shape index (κ3) is 4.26. The molecule has 1 aromatic carbocycles. The number of amides is 1. The van der Waals surface area contributed by atoms with Crippen molar-refractivity contribution in [3.63, 3.8) is 0 Å². The predicted octanol–water partition coefficient (Wildman–Crippen LogP) is 3.21. The molecule has 0 saturated carbocycles. The number of rotatable bonds is 5. The summed E-state index contributed by atoms with van der Waals surface area (Å²) in [5, 5.41) is 0. The lowest BCUT2D eigenvalue weighted by Crippen LogP contribution is -2.34. The molecule has 0 bridgehead atoms. The van der Waals surface area contributed by atoms with Crippen molar-refractivity contribution >= 4 is 21.8 Å². The second-order valence-corrected chi connectivity index (χ2v) is 6.65. The van der Waals surface area contributed by atoms with Gasteiger partial charge in [-0.1, -0.05) is 18.2 Å². The van der Waals surface area contributed by atoms with Crippen LogP contribution in [0, 0.1) is 6.92 Å². The second kappa shape index (κ2) is 7.66. The number of hydrogen-bond donors (Lipinski definition) is 0. The first-order chi connectivity index (χ1) is 11.6. The van der Waals surface area contributed by atoms with E-state index in [4.69, 9.17) is 9.47 Å². The highest BCUT2D eigenvalue weighted by atomic mass is 79.9. The van der Waals surface area contributed by atoms with Crippen LogP contribution in [0.3, 0.4) is 0 Å². The Kier molecular flexibility index (Phi) is 5.35. The fourth-order valence-corrected chi connectivity index (χ4v) is 2.84. The van der Waals surface area contributed by atoms with E-state index in [0.29, 0.717) is 19.0 Å². The van der Waals surface area contributed by atoms with Crippen molar-refractivity contribution < 1.29 is 14.3 Å². The molecule has 1 atom stereocenters. The number of ether oxygens (including phenoxy) is 2. The maximum absolute atomic E-state index is 12.3. The molecule has 1 aromatic heterocycles. The molecule has 0 spiro atoms. The molecule has 6 heteroatoms. The highest BCUT2D eigenvalue weighted by molar-refractivity contribution is 9.10. The summed E-state index contributed by atoms with van der Waals surface area (Å²) in [6.45, 7) is 3.25. The van der Waals surface area contributed by atoms with Crippen LogP contribution in [0.2, 0.25) is 0 Å². The predicted molar refractivity (Wildman–Crippen MR) is 94.2 cm³/mol. The quantitative estimate of drug-likeness (QED) is 0.786. The lowest BCUT2D eigenvalue weighted by molar-refractivity contribution is -0.132. The number of hydrogen-bond acceptors (Lipinski definition) is 4. The summed E-state index contributed by atoms with van der Waals surface area (Å²) in [6, 6.07) is 11.4. The van der Waals surface area contributed by atoms with Crippen molar-refractivity contribution in [1.29, 1.82) is 0 Å². The van der Waals surface area contributed by atoms with E-state index < -0.39 is 0 Å². The van der Waals surface area contributed by atoms with Gasteiger partial charge in [0.1, 0.15) is 11.9 Å². The van der Waals surface area contributed by atoms with Gasteiger partial charge in [0.25, 0.3) is 5.91 Å². The zero-order valence-electron chi connectivity index (χ0n) is 13.4. The Morgan fingerprint density at radius 2 is 2.17 bits per heavy atom. The summed E-state index contributed by atoms with van der Waals surface area (Å²) in [6.07, 6.45) is 2.47. The minimum Gasteiger partial charge on any atom is -0.484 e. The van der Waals surface area contributed by atoms with Gasteiger partial charge in [-0.15, -0.1) is 0 Å². The number of aryl methyl sites for hydroxylation is 1. The second-order valence-electron chi connectivity index (χ2n) is 5.74. The largest absolute Gasteiger partial charge is 0.484 e. The number of nitrogens with zero attached hydrogens (tertiary/aromatic N) is 2. The molecular formula is C18H19BrN2O3. The van der Waals surface area contributed by atoms with Gasteiger partial charge in [0.15, 0.2) is 6.61 Å². The third-order valence-electron chi connectivity index (χ3n) is 3.93. The molecule has 2 heterocycles. The molecule has 1 aliphatic heterocycles. The molecule has 1 amide bonds. The van der Waals surface area contributed by atoms with Crippen LogP contribution in [0.15, 0.2) is 47.1 Å². The van der Waals surface area contributed by atoms with Gasteiger partial charge in [-0.2, -0.15) is 0 Å². The van der Waals surface area contributed by atoms with E-state index in [1.165, 1.54) is 0 Å². The number of halogens is 1. The van der Waals surface area contributed by atoms with Gasteiger partial charge in [-0.25, -0.2) is 4.98 Å². The zero-order chi connectivity index (χ0) is 16.9. The number of aromatic nitrogens is 1. The first-order valence-electron chi connectivity index (χ1n) is 7.86. The Labute approximate surface area is 149 Å². The molecule has 3 rings (SSSR count). The van der Waals surface area contributed by atoms with Crippen LogP contribution < -0.4 is 9.47 Å². The summed E-state index contributed by atoms with van der Waals surface area (Å²) in [5.74, 6) is 1.30. The average molecular weight is 391 g/mol. The van der Waals surface area contributed by atoms with Crippen LogP contribution in [-0.4, -0.2) is 41.6 Å². The van der Waals surface area contributed by atoms with Gasteiger partial charge in [0, 0.05) is 29.7 Å². The molecular weight excluding hydrogens is 372 g/mol. The highest BCUT2D eigenvalue weighted by Crippen LogP contribution is 2.19. The minimum atomic E-state index is -0.0268. The Hall–Kier alpha value is -2.08. The van der Waals surface area contributed by atoms with Crippen molar-refractivity contribution in [2.75, 3.05) is 19.7 Å². The smallest absolute Gasteiger partial charge is 0.260 e. The normalized spacial score (nSPS) is 16.9. The summed E-state index contributed by atoms with van der Waals surface area (Å²) in [4.78, 5) is 18.3. The first-order valence-corrected chi connectivity index (χ1v) is 8.65. The van der Waals surface area contributed by atoms with E-state index in [1.54, 1.807) is 11.1 Å². The SMILES string of the molecule is Cc1ccccc1OCC(=O)N1CCC(Oc2ccc(Br)cn2)C1. The Bertz CT molecular complexity index is 706.